The van der Waals surface area contributed by atoms with Crippen molar-refractivity contribution in [3.63, 3.8) is 0 Å². The number of carbonyl (C=O) groups is 1. The third kappa shape index (κ3) is 2.97. The molecule has 1 aliphatic rings. The van der Waals surface area contributed by atoms with Crippen LogP contribution in [0.3, 0.4) is 0 Å². The Kier molecular flexibility index (Phi) is 3.61. The molecule has 1 aliphatic heterocycles. The van der Waals surface area contributed by atoms with Crippen LogP contribution in [0.15, 0.2) is 23.1 Å². The molecule has 1 saturated heterocycles. The standard InChI is InChI=1S/C11H12N2O6/c14-10-4-1-7(13(17)18)5-12(10)6-8-2-3-9(19-8)11(15)16/h1,4-5,8-9H,2-3,6H2,(H,15,16). The van der Waals surface area contributed by atoms with Gasteiger partial charge in [0.05, 0.1) is 23.8 Å². The summed E-state index contributed by atoms with van der Waals surface area (Å²) in [6.07, 6.45) is 0.746. The average Bonchev–Trinajstić information content (AvgIpc) is 2.80. The van der Waals surface area contributed by atoms with E-state index in [4.69, 9.17) is 9.84 Å². The molecule has 0 aromatic carbocycles. The van der Waals surface area contributed by atoms with Gasteiger partial charge in [0.15, 0.2) is 6.10 Å². The molecule has 1 fully saturated rings. The van der Waals surface area contributed by atoms with Gasteiger partial charge >= 0.3 is 5.97 Å². The fraction of sp³-hybridized carbons (Fsp3) is 0.455. The summed E-state index contributed by atoms with van der Waals surface area (Å²) in [5.41, 5.74) is -0.569. The maximum absolute atomic E-state index is 11.6. The first-order chi connectivity index (χ1) is 8.97. The molecule has 0 bridgehead atoms. The highest BCUT2D eigenvalue weighted by molar-refractivity contribution is 5.72. The molecule has 8 heteroatoms. The quantitative estimate of drug-likeness (QED) is 0.624. The molecule has 1 aromatic heterocycles. The lowest BCUT2D eigenvalue weighted by molar-refractivity contribution is -0.385. The number of aromatic nitrogens is 1. The fourth-order valence-electron chi connectivity index (χ4n) is 2.01. The molecular weight excluding hydrogens is 256 g/mol. The predicted molar refractivity (Wildman–Crippen MR) is 62.9 cm³/mol. The van der Waals surface area contributed by atoms with Gasteiger partial charge in [-0.3, -0.25) is 14.9 Å². The number of aliphatic carboxylic acids is 1. The lowest BCUT2D eigenvalue weighted by Crippen LogP contribution is -2.27. The van der Waals surface area contributed by atoms with E-state index >= 15 is 0 Å². The largest absolute Gasteiger partial charge is 0.479 e. The summed E-state index contributed by atoms with van der Waals surface area (Å²) >= 11 is 0. The van der Waals surface area contributed by atoms with E-state index in [1.807, 2.05) is 0 Å². The van der Waals surface area contributed by atoms with Gasteiger partial charge in [0, 0.05) is 12.1 Å². The van der Waals surface area contributed by atoms with Crippen LogP contribution in [0.4, 0.5) is 5.69 Å². The number of hydrogen-bond donors (Lipinski definition) is 1. The Bertz CT molecular complexity index is 567. The van der Waals surface area contributed by atoms with Crippen LogP contribution in [0, 0.1) is 10.1 Å². The first kappa shape index (κ1) is 13.2. The van der Waals surface area contributed by atoms with E-state index < -0.39 is 23.1 Å². The molecule has 2 unspecified atom stereocenters. The summed E-state index contributed by atoms with van der Waals surface area (Å²) in [5.74, 6) is -1.03. The van der Waals surface area contributed by atoms with Gasteiger partial charge in [-0.25, -0.2) is 4.79 Å². The van der Waals surface area contributed by atoms with Crippen molar-refractivity contribution in [2.24, 2.45) is 0 Å². The van der Waals surface area contributed by atoms with Crippen LogP contribution in [-0.4, -0.2) is 32.8 Å². The Hall–Kier alpha value is -2.22. The van der Waals surface area contributed by atoms with Gasteiger partial charge in [-0.05, 0) is 12.8 Å². The molecule has 2 atom stereocenters. The maximum Gasteiger partial charge on any atom is 0.332 e. The van der Waals surface area contributed by atoms with Crippen molar-refractivity contribution in [2.75, 3.05) is 0 Å². The van der Waals surface area contributed by atoms with Gasteiger partial charge in [0.25, 0.3) is 11.2 Å². The molecular formula is C11H12N2O6. The van der Waals surface area contributed by atoms with Crippen LogP contribution in [0.5, 0.6) is 0 Å². The normalized spacial score (nSPS) is 22.3. The van der Waals surface area contributed by atoms with E-state index in [0.717, 1.165) is 18.3 Å². The predicted octanol–water partition coefficient (Wildman–Crippen LogP) is 0.389. The molecule has 102 valence electrons. The molecule has 8 nitrogen and oxygen atoms in total. The van der Waals surface area contributed by atoms with Crippen LogP contribution in [0.2, 0.25) is 0 Å². The Morgan fingerprint density at radius 2 is 2.26 bits per heavy atom. The van der Waals surface area contributed by atoms with Gasteiger partial charge < -0.3 is 14.4 Å². The molecule has 19 heavy (non-hydrogen) atoms. The van der Waals surface area contributed by atoms with Crippen molar-refractivity contribution in [3.8, 4) is 0 Å². The van der Waals surface area contributed by atoms with E-state index in [-0.39, 0.29) is 17.8 Å². The van der Waals surface area contributed by atoms with E-state index in [1.54, 1.807) is 0 Å². The molecule has 0 radical (unpaired) electrons. The minimum atomic E-state index is -1.03. The number of carboxylic acids is 1. The van der Waals surface area contributed by atoms with Crippen LogP contribution >= 0.6 is 0 Å². The molecule has 0 aliphatic carbocycles. The first-order valence-corrected chi connectivity index (χ1v) is 5.70. The van der Waals surface area contributed by atoms with E-state index in [1.165, 1.54) is 4.57 Å². The number of carboxylic acid groups (broad SMARTS) is 1. The number of hydrogen-bond acceptors (Lipinski definition) is 5. The topological polar surface area (TPSA) is 112 Å². The van der Waals surface area contributed by atoms with E-state index in [0.29, 0.717) is 12.8 Å². The van der Waals surface area contributed by atoms with Gasteiger partial charge in [-0.1, -0.05) is 0 Å². The van der Waals surface area contributed by atoms with Gasteiger partial charge in [-0.2, -0.15) is 0 Å². The van der Waals surface area contributed by atoms with E-state index in [9.17, 15) is 19.7 Å². The highest BCUT2D eigenvalue weighted by atomic mass is 16.6. The zero-order valence-corrected chi connectivity index (χ0v) is 9.89. The zero-order valence-electron chi connectivity index (χ0n) is 9.89. The SMILES string of the molecule is O=C(O)C1CCC(Cn2cc([N+](=O)[O-])ccc2=O)O1. The average molecular weight is 268 g/mol. The molecule has 2 heterocycles. The van der Waals surface area contributed by atoms with Crippen molar-refractivity contribution in [3.05, 3.63) is 38.8 Å². The lowest BCUT2D eigenvalue weighted by Gasteiger charge is -2.12. The van der Waals surface area contributed by atoms with Crippen LogP contribution in [0.1, 0.15) is 12.8 Å². The molecule has 2 rings (SSSR count). The summed E-state index contributed by atoms with van der Waals surface area (Å²) in [6, 6.07) is 2.25. The minimum absolute atomic E-state index is 0.115. The number of rotatable bonds is 4. The fourth-order valence-corrected chi connectivity index (χ4v) is 2.01. The molecule has 0 spiro atoms. The highest BCUT2D eigenvalue weighted by Crippen LogP contribution is 2.21. The van der Waals surface area contributed by atoms with Crippen LogP contribution in [-0.2, 0) is 16.1 Å². The van der Waals surface area contributed by atoms with Crippen molar-refractivity contribution >= 4 is 11.7 Å². The van der Waals surface area contributed by atoms with Crippen LogP contribution < -0.4 is 5.56 Å². The number of ether oxygens (including phenoxy) is 1. The number of nitro groups is 1. The number of nitrogens with zero attached hydrogens (tertiary/aromatic N) is 2. The second-order valence-corrected chi connectivity index (χ2v) is 4.30. The van der Waals surface area contributed by atoms with Crippen molar-refractivity contribution < 1.29 is 19.6 Å². The van der Waals surface area contributed by atoms with Gasteiger partial charge in [0.1, 0.15) is 0 Å². The Morgan fingerprint density at radius 3 is 2.84 bits per heavy atom. The van der Waals surface area contributed by atoms with E-state index in [2.05, 4.69) is 0 Å². The Balaban J connectivity index is 2.11. The third-order valence-electron chi connectivity index (χ3n) is 2.96. The summed E-state index contributed by atoms with van der Waals surface area (Å²) in [7, 11) is 0. The van der Waals surface area contributed by atoms with Crippen molar-refractivity contribution in [1.82, 2.24) is 4.57 Å². The smallest absolute Gasteiger partial charge is 0.332 e. The number of pyridine rings is 1. The zero-order chi connectivity index (χ0) is 14.0. The highest BCUT2D eigenvalue weighted by Gasteiger charge is 2.30. The van der Waals surface area contributed by atoms with Crippen molar-refractivity contribution in [2.45, 2.75) is 31.6 Å². The lowest BCUT2D eigenvalue weighted by atomic mass is 10.2. The van der Waals surface area contributed by atoms with Crippen LogP contribution in [0.25, 0.3) is 0 Å². The first-order valence-electron chi connectivity index (χ1n) is 5.70. The molecule has 0 saturated carbocycles. The summed E-state index contributed by atoms with van der Waals surface area (Å²) < 4.78 is 6.43. The Labute approximate surface area is 107 Å². The summed E-state index contributed by atoms with van der Waals surface area (Å²) in [4.78, 5) is 32.3. The summed E-state index contributed by atoms with van der Waals surface area (Å²) in [6.45, 7) is 0.115. The van der Waals surface area contributed by atoms with Crippen molar-refractivity contribution in [1.29, 1.82) is 0 Å². The second-order valence-electron chi connectivity index (χ2n) is 4.30. The molecule has 1 aromatic rings. The van der Waals surface area contributed by atoms with Gasteiger partial charge in [0.2, 0.25) is 0 Å². The molecule has 0 amide bonds. The van der Waals surface area contributed by atoms with Gasteiger partial charge in [-0.15, -0.1) is 0 Å². The monoisotopic (exact) mass is 268 g/mol. The third-order valence-corrected chi connectivity index (χ3v) is 2.96. The summed E-state index contributed by atoms with van der Waals surface area (Å²) in [5, 5.41) is 19.4. The minimum Gasteiger partial charge on any atom is -0.479 e. The maximum atomic E-state index is 11.6. The molecule has 1 N–H and O–H groups in total. The Morgan fingerprint density at radius 1 is 1.53 bits per heavy atom. The second kappa shape index (κ2) is 5.19.